The lowest BCUT2D eigenvalue weighted by atomic mass is 9.93. The first-order chi connectivity index (χ1) is 9.69. The predicted octanol–water partition coefficient (Wildman–Crippen LogP) is 5.44. The van der Waals surface area contributed by atoms with Crippen molar-refractivity contribution in [1.29, 1.82) is 0 Å². The van der Waals surface area contributed by atoms with Gasteiger partial charge >= 0.3 is 0 Å². The highest BCUT2D eigenvalue weighted by Crippen LogP contribution is 2.27. The molecule has 0 aromatic heterocycles. The Kier molecular flexibility index (Phi) is 9.17. The smallest absolute Gasteiger partial charge is 0.164 e. The highest BCUT2D eigenvalue weighted by atomic mass is 16.5. The Hall–Kier alpha value is -0.370. The number of ketones is 1. The predicted molar refractivity (Wildman–Crippen MR) is 85.1 cm³/mol. The summed E-state index contributed by atoms with van der Waals surface area (Å²) < 4.78 is 5.60. The summed E-state index contributed by atoms with van der Waals surface area (Å²) in [5, 5.41) is 0. The molecule has 1 aliphatic rings. The summed E-state index contributed by atoms with van der Waals surface area (Å²) in [7, 11) is 0. The van der Waals surface area contributed by atoms with E-state index in [-0.39, 0.29) is 0 Å². The Morgan fingerprint density at radius 2 is 1.50 bits per heavy atom. The van der Waals surface area contributed by atoms with Crippen LogP contribution in [0.2, 0.25) is 0 Å². The summed E-state index contributed by atoms with van der Waals surface area (Å²) in [5.41, 5.74) is -0.445. The van der Waals surface area contributed by atoms with Gasteiger partial charge in [-0.2, -0.15) is 0 Å². The van der Waals surface area contributed by atoms with Gasteiger partial charge in [0.05, 0.1) is 0 Å². The Morgan fingerprint density at radius 3 is 2.00 bits per heavy atom. The molecule has 0 amide bonds. The van der Waals surface area contributed by atoms with Crippen molar-refractivity contribution < 1.29 is 9.53 Å². The minimum absolute atomic E-state index is 0.328. The molecule has 0 aromatic rings. The second kappa shape index (κ2) is 10.4. The van der Waals surface area contributed by atoms with Crippen molar-refractivity contribution in [2.75, 3.05) is 6.61 Å². The second-order valence-corrected chi connectivity index (χ2v) is 6.54. The number of ether oxygens (including phenoxy) is 1. The number of rotatable bonds is 12. The van der Waals surface area contributed by atoms with Crippen molar-refractivity contribution >= 4 is 5.78 Å². The molecule has 1 aliphatic heterocycles. The lowest BCUT2D eigenvalue weighted by Crippen LogP contribution is -2.34. The van der Waals surface area contributed by atoms with Gasteiger partial charge in [-0.15, -0.1) is 0 Å². The van der Waals surface area contributed by atoms with E-state index in [1.165, 1.54) is 57.8 Å². The van der Waals surface area contributed by atoms with Crippen LogP contribution in [0, 0.1) is 0 Å². The Labute approximate surface area is 125 Å². The van der Waals surface area contributed by atoms with Crippen LogP contribution in [0.15, 0.2) is 0 Å². The van der Waals surface area contributed by atoms with E-state index in [4.69, 9.17) is 4.74 Å². The fraction of sp³-hybridized carbons (Fsp3) is 0.944. The molecule has 1 unspecified atom stereocenters. The van der Waals surface area contributed by atoms with Crippen LogP contribution in [-0.4, -0.2) is 18.0 Å². The molecule has 0 aliphatic carbocycles. The molecule has 1 atom stereocenters. The number of hydrogen-bond donors (Lipinski definition) is 0. The van der Waals surface area contributed by atoms with Gasteiger partial charge in [0.1, 0.15) is 5.60 Å². The van der Waals surface area contributed by atoms with E-state index in [0.717, 1.165) is 25.9 Å². The van der Waals surface area contributed by atoms with Crippen molar-refractivity contribution in [3.05, 3.63) is 0 Å². The third kappa shape index (κ3) is 6.88. The van der Waals surface area contributed by atoms with E-state index in [0.29, 0.717) is 12.2 Å². The quantitative estimate of drug-likeness (QED) is 0.446. The van der Waals surface area contributed by atoms with E-state index in [1.54, 1.807) is 0 Å². The van der Waals surface area contributed by atoms with Gasteiger partial charge in [0.15, 0.2) is 5.78 Å². The van der Waals surface area contributed by atoms with Crippen molar-refractivity contribution in [3.63, 3.8) is 0 Å². The summed E-state index contributed by atoms with van der Waals surface area (Å²) >= 11 is 0. The van der Waals surface area contributed by atoms with Crippen molar-refractivity contribution in [2.24, 2.45) is 0 Å². The van der Waals surface area contributed by atoms with Crippen LogP contribution in [0.5, 0.6) is 0 Å². The van der Waals surface area contributed by atoms with Gasteiger partial charge in [-0.05, 0) is 26.2 Å². The number of Topliss-reactive ketones (excluding diaryl/α,β-unsaturated/α-hetero) is 1. The maximum Gasteiger partial charge on any atom is 0.164 e. The first-order valence-corrected chi connectivity index (χ1v) is 8.86. The van der Waals surface area contributed by atoms with Gasteiger partial charge < -0.3 is 4.74 Å². The van der Waals surface area contributed by atoms with E-state index in [2.05, 4.69) is 6.92 Å². The van der Waals surface area contributed by atoms with E-state index >= 15 is 0 Å². The van der Waals surface area contributed by atoms with Crippen molar-refractivity contribution in [3.8, 4) is 0 Å². The zero-order valence-corrected chi connectivity index (χ0v) is 13.7. The number of carbonyl (C=O) groups is 1. The standard InChI is InChI=1S/C18H34O2/c1-3-4-5-6-7-8-9-10-11-12-14-17(19)18(2)15-13-16-20-18/h3-16H2,1-2H3. The van der Waals surface area contributed by atoms with Gasteiger partial charge in [-0.1, -0.05) is 64.7 Å². The first-order valence-electron chi connectivity index (χ1n) is 8.86. The van der Waals surface area contributed by atoms with Crippen LogP contribution in [0.1, 0.15) is 97.3 Å². The molecule has 2 nitrogen and oxygen atoms in total. The molecule has 20 heavy (non-hydrogen) atoms. The summed E-state index contributed by atoms with van der Waals surface area (Å²) in [6.45, 7) is 5.00. The third-order valence-corrected chi connectivity index (χ3v) is 4.57. The second-order valence-electron chi connectivity index (χ2n) is 6.54. The average Bonchev–Trinajstić information content (AvgIpc) is 2.89. The molecule has 0 aromatic carbocycles. The molecule has 0 N–H and O–H groups in total. The normalized spacial score (nSPS) is 22.3. The molecule has 0 spiro atoms. The maximum absolute atomic E-state index is 12.1. The molecule has 0 bridgehead atoms. The Morgan fingerprint density at radius 1 is 0.950 bits per heavy atom. The van der Waals surface area contributed by atoms with Crippen LogP contribution >= 0.6 is 0 Å². The lowest BCUT2D eigenvalue weighted by molar-refractivity contribution is -0.137. The van der Waals surface area contributed by atoms with Crippen molar-refractivity contribution in [2.45, 2.75) is 103 Å². The molecule has 1 fully saturated rings. The summed E-state index contributed by atoms with van der Waals surface area (Å²) in [5.74, 6) is 0.328. The van der Waals surface area contributed by atoms with Crippen LogP contribution < -0.4 is 0 Å². The molecule has 2 heteroatoms. The maximum atomic E-state index is 12.1. The first kappa shape index (κ1) is 17.7. The van der Waals surface area contributed by atoms with Gasteiger partial charge in [0, 0.05) is 13.0 Å². The van der Waals surface area contributed by atoms with E-state index in [1.807, 2.05) is 6.92 Å². The molecular formula is C18H34O2. The molecule has 1 saturated heterocycles. The molecule has 0 saturated carbocycles. The molecule has 1 rings (SSSR count). The fourth-order valence-electron chi connectivity index (χ4n) is 3.04. The van der Waals surface area contributed by atoms with Crippen LogP contribution in [0.3, 0.4) is 0 Å². The highest BCUT2D eigenvalue weighted by Gasteiger charge is 2.36. The van der Waals surface area contributed by atoms with Gasteiger partial charge in [0.25, 0.3) is 0 Å². The fourth-order valence-corrected chi connectivity index (χ4v) is 3.04. The molecule has 118 valence electrons. The zero-order chi connectivity index (χ0) is 14.7. The van der Waals surface area contributed by atoms with Gasteiger partial charge in [-0.25, -0.2) is 0 Å². The van der Waals surface area contributed by atoms with Crippen LogP contribution in [-0.2, 0) is 9.53 Å². The zero-order valence-electron chi connectivity index (χ0n) is 13.7. The lowest BCUT2D eigenvalue weighted by Gasteiger charge is -2.21. The third-order valence-electron chi connectivity index (χ3n) is 4.57. The summed E-state index contributed by atoms with van der Waals surface area (Å²) in [6.07, 6.45) is 15.9. The Bertz CT molecular complexity index is 254. The number of hydrogen-bond acceptors (Lipinski definition) is 2. The topological polar surface area (TPSA) is 26.3 Å². The van der Waals surface area contributed by atoms with Gasteiger partial charge in [-0.3, -0.25) is 4.79 Å². The minimum atomic E-state index is -0.445. The Balaban J connectivity index is 1.88. The SMILES string of the molecule is CCCCCCCCCCCCC(=O)C1(C)CCCO1. The van der Waals surface area contributed by atoms with Crippen LogP contribution in [0.4, 0.5) is 0 Å². The van der Waals surface area contributed by atoms with Crippen LogP contribution in [0.25, 0.3) is 0 Å². The van der Waals surface area contributed by atoms with E-state index < -0.39 is 5.60 Å². The summed E-state index contributed by atoms with van der Waals surface area (Å²) in [4.78, 5) is 12.1. The average molecular weight is 282 g/mol. The number of unbranched alkanes of at least 4 members (excludes halogenated alkanes) is 9. The van der Waals surface area contributed by atoms with Gasteiger partial charge in [0.2, 0.25) is 0 Å². The number of carbonyl (C=O) groups excluding carboxylic acids is 1. The monoisotopic (exact) mass is 282 g/mol. The molecular weight excluding hydrogens is 248 g/mol. The van der Waals surface area contributed by atoms with Crippen molar-refractivity contribution in [1.82, 2.24) is 0 Å². The highest BCUT2D eigenvalue weighted by molar-refractivity contribution is 5.87. The van der Waals surface area contributed by atoms with E-state index in [9.17, 15) is 4.79 Å². The largest absolute Gasteiger partial charge is 0.368 e. The summed E-state index contributed by atoms with van der Waals surface area (Å²) in [6, 6.07) is 0. The molecule has 0 radical (unpaired) electrons. The minimum Gasteiger partial charge on any atom is -0.368 e. The molecule has 1 heterocycles.